The van der Waals surface area contributed by atoms with E-state index in [0.717, 1.165) is 29.4 Å². The molecule has 10 heteroatoms. The second-order valence-corrected chi connectivity index (χ2v) is 9.07. The Morgan fingerprint density at radius 2 is 2.09 bits per heavy atom. The highest BCUT2D eigenvalue weighted by Gasteiger charge is 2.31. The molecule has 1 N–H and O–H groups in total. The lowest BCUT2D eigenvalue weighted by Gasteiger charge is -2.32. The summed E-state index contributed by atoms with van der Waals surface area (Å²) in [6, 6.07) is 3.73. The predicted octanol–water partition coefficient (Wildman–Crippen LogP) is 3.35. The first-order valence-corrected chi connectivity index (χ1v) is 11.6. The van der Waals surface area contributed by atoms with Gasteiger partial charge >= 0.3 is 0 Å². The molecule has 0 aliphatic carbocycles. The Morgan fingerprint density at radius 1 is 1.27 bits per heavy atom. The first kappa shape index (κ1) is 23.1. The standard InChI is InChI=1S/C23H27N5O4S/c1-13-7-5-9-24-19(13)27-20(29)15-8-6-10-28(11-15)23(30)18-14(2)17-21(32-4)25-16(12-31-3)26-22(17)33-18/h5,7,9,15H,6,8,10-12H2,1-4H3,(H,24,27,29). The van der Waals surface area contributed by atoms with Crippen molar-refractivity contribution in [1.29, 1.82) is 0 Å². The van der Waals surface area contributed by atoms with Gasteiger partial charge in [-0.3, -0.25) is 9.59 Å². The van der Waals surface area contributed by atoms with Crippen LogP contribution in [0, 0.1) is 19.8 Å². The maximum absolute atomic E-state index is 13.5. The highest BCUT2D eigenvalue weighted by Crippen LogP contribution is 2.36. The fraction of sp³-hybridized carbons (Fsp3) is 0.435. The predicted molar refractivity (Wildman–Crippen MR) is 126 cm³/mol. The minimum absolute atomic E-state index is 0.0997. The first-order chi connectivity index (χ1) is 15.9. The van der Waals surface area contributed by atoms with Crippen LogP contribution < -0.4 is 10.1 Å². The number of pyridine rings is 1. The zero-order chi connectivity index (χ0) is 23.5. The molecule has 4 heterocycles. The number of ether oxygens (including phenoxy) is 2. The molecule has 1 saturated heterocycles. The molecule has 2 amide bonds. The molecule has 1 fully saturated rings. The number of likely N-dealkylation sites (tertiary alicyclic amines) is 1. The van der Waals surface area contributed by atoms with E-state index >= 15 is 0 Å². The molecule has 174 valence electrons. The lowest BCUT2D eigenvalue weighted by atomic mass is 9.96. The van der Waals surface area contributed by atoms with Crippen LogP contribution in [0.25, 0.3) is 10.2 Å². The van der Waals surface area contributed by atoms with Crippen molar-refractivity contribution in [2.75, 3.05) is 32.6 Å². The van der Waals surface area contributed by atoms with Crippen LogP contribution in [0.15, 0.2) is 18.3 Å². The third-order valence-corrected chi connectivity index (χ3v) is 6.97. The number of amides is 2. The summed E-state index contributed by atoms with van der Waals surface area (Å²) >= 11 is 1.32. The van der Waals surface area contributed by atoms with Crippen LogP contribution in [0.2, 0.25) is 0 Å². The van der Waals surface area contributed by atoms with Crippen LogP contribution in [-0.4, -0.2) is 59.0 Å². The number of nitrogens with zero attached hydrogens (tertiary/aromatic N) is 4. The Morgan fingerprint density at radius 3 is 2.82 bits per heavy atom. The summed E-state index contributed by atoms with van der Waals surface area (Å²) in [5, 5.41) is 3.65. The smallest absolute Gasteiger partial charge is 0.264 e. The number of rotatable bonds is 6. The van der Waals surface area contributed by atoms with Gasteiger partial charge in [0.25, 0.3) is 5.91 Å². The van der Waals surface area contributed by atoms with Gasteiger partial charge in [0.05, 0.1) is 23.3 Å². The van der Waals surface area contributed by atoms with Gasteiger partial charge in [-0.2, -0.15) is 4.98 Å². The number of anilines is 1. The normalized spacial score (nSPS) is 16.1. The molecule has 33 heavy (non-hydrogen) atoms. The van der Waals surface area contributed by atoms with Gasteiger partial charge < -0.3 is 19.7 Å². The third-order valence-electron chi connectivity index (χ3n) is 5.79. The molecular formula is C23H27N5O4S. The SMILES string of the molecule is COCc1nc(OC)c2c(C)c(C(=O)N3CCCC(C(=O)Nc4ncccc4C)C3)sc2n1. The summed E-state index contributed by atoms with van der Waals surface area (Å²) in [5.41, 5.74) is 1.69. The van der Waals surface area contributed by atoms with Crippen molar-refractivity contribution < 1.29 is 19.1 Å². The quantitative estimate of drug-likeness (QED) is 0.590. The average Bonchev–Trinajstić information content (AvgIpc) is 3.16. The van der Waals surface area contributed by atoms with Crippen molar-refractivity contribution in [3.8, 4) is 5.88 Å². The van der Waals surface area contributed by atoms with Gasteiger partial charge in [-0.05, 0) is 43.9 Å². The molecule has 9 nitrogen and oxygen atoms in total. The van der Waals surface area contributed by atoms with Gasteiger partial charge in [0.1, 0.15) is 17.3 Å². The van der Waals surface area contributed by atoms with Gasteiger partial charge in [-0.25, -0.2) is 9.97 Å². The Labute approximate surface area is 196 Å². The Balaban J connectivity index is 1.55. The monoisotopic (exact) mass is 469 g/mol. The van der Waals surface area contributed by atoms with Gasteiger partial charge in [0, 0.05) is 26.4 Å². The molecule has 0 saturated carbocycles. The van der Waals surface area contributed by atoms with Gasteiger partial charge in [-0.15, -0.1) is 11.3 Å². The summed E-state index contributed by atoms with van der Waals surface area (Å²) in [6.45, 7) is 5.01. The number of hydrogen-bond donors (Lipinski definition) is 1. The summed E-state index contributed by atoms with van der Waals surface area (Å²) in [7, 11) is 3.13. The fourth-order valence-corrected chi connectivity index (χ4v) is 5.20. The molecule has 0 spiro atoms. The lowest BCUT2D eigenvalue weighted by molar-refractivity contribution is -0.121. The fourth-order valence-electron chi connectivity index (χ4n) is 4.04. The van der Waals surface area contributed by atoms with Gasteiger partial charge in [0.15, 0.2) is 5.82 Å². The molecule has 1 aliphatic rings. The summed E-state index contributed by atoms with van der Waals surface area (Å²) in [6.07, 6.45) is 3.14. The van der Waals surface area contributed by atoms with E-state index in [0.29, 0.717) is 40.3 Å². The largest absolute Gasteiger partial charge is 0.480 e. The summed E-state index contributed by atoms with van der Waals surface area (Å²) in [5.74, 6) is 0.991. The minimum Gasteiger partial charge on any atom is -0.480 e. The number of methoxy groups -OCH3 is 2. The van der Waals surface area contributed by atoms with Crippen molar-refractivity contribution in [2.24, 2.45) is 5.92 Å². The first-order valence-electron chi connectivity index (χ1n) is 10.8. The highest BCUT2D eigenvalue weighted by molar-refractivity contribution is 7.20. The van der Waals surface area contributed by atoms with E-state index in [-0.39, 0.29) is 24.3 Å². The van der Waals surface area contributed by atoms with Crippen molar-refractivity contribution >= 4 is 39.2 Å². The van der Waals surface area contributed by atoms with Crippen molar-refractivity contribution in [1.82, 2.24) is 19.9 Å². The number of piperidine rings is 1. The van der Waals surface area contributed by atoms with E-state index in [1.54, 1.807) is 25.3 Å². The van der Waals surface area contributed by atoms with Gasteiger partial charge in [0.2, 0.25) is 11.8 Å². The Kier molecular flexibility index (Phi) is 6.85. The minimum atomic E-state index is -0.290. The topological polar surface area (TPSA) is 107 Å². The number of fused-ring (bicyclic) bond motifs is 1. The average molecular weight is 470 g/mol. The zero-order valence-electron chi connectivity index (χ0n) is 19.2. The molecule has 0 aromatic carbocycles. The lowest BCUT2D eigenvalue weighted by Crippen LogP contribution is -2.43. The van der Waals surface area contributed by atoms with Crippen LogP contribution in [0.3, 0.4) is 0 Å². The van der Waals surface area contributed by atoms with Crippen LogP contribution in [-0.2, 0) is 16.1 Å². The number of hydrogen-bond acceptors (Lipinski definition) is 8. The number of carbonyl (C=O) groups is 2. The summed E-state index contributed by atoms with van der Waals surface area (Å²) < 4.78 is 10.6. The second-order valence-electron chi connectivity index (χ2n) is 8.07. The molecule has 4 rings (SSSR count). The maximum atomic E-state index is 13.5. The molecule has 3 aromatic heterocycles. The molecule has 1 unspecified atom stereocenters. The summed E-state index contributed by atoms with van der Waals surface area (Å²) in [4.78, 5) is 42.6. The van der Waals surface area contributed by atoms with E-state index in [1.165, 1.54) is 11.3 Å². The Hall–Kier alpha value is -3.11. The highest BCUT2D eigenvalue weighted by atomic mass is 32.1. The number of nitrogens with one attached hydrogen (secondary N) is 1. The van der Waals surface area contributed by atoms with E-state index in [1.807, 2.05) is 26.0 Å². The van der Waals surface area contributed by atoms with Crippen molar-refractivity contribution in [3.63, 3.8) is 0 Å². The molecular weight excluding hydrogens is 442 g/mol. The number of carbonyl (C=O) groups excluding carboxylic acids is 2. The molecule has 0 radical (unpaired) electrons. The van der Waals surface area contributed by atoms with E-state index in [4.69, 9.17) is 9.47 Å². The van der Waals surface area contributed by atoms with E-state index in [9.17, 15) is 9.59 Å². The molecule has 1 atom stereocenters. The molecule has 3 aromatic rings. The third kappa shape index (κ3) is 4.67. The molecule has 0 bridgehead atoms. The van der Waals surface area contributed by atoms with Crippen LogP contribution in [0.4, 0.5) is 5.82 Å². The van der Waals surface area contributed by atoms with Crippen LogP contribution in [0.1, 0.15) is 39.5 Å². The second kappa shape index (κ2) is 9.80. The van der Waals surface area contributed by atoms with E-state index in [2.05, 4.69) is 20.3 Å². The van der Waals surface area contributed by atoms with Gasteiger partial charge in [-0.1, -0.05) is 6.07 Å². The van der Waals surface area contributed by atoms with Crippen molar-refractivity contribution in [3.05, 3.63) is 40.2 Å². The number of aromatic nitrogens is 3. The number of thiophene rings is 1. The van der Waals surface area contributed by atoms with E-state index < -0.39 is 0 Å². The maximum Gasteiger partial charge on any atom is 0.264 e. The Bertz CT molecular complexity index is 1200. The van der Waals surface area contributed by atoms with Crippen LogP contribution in [0.5, 0.6) is 5.88 Å². The number of aryl methyl sites for hydroxylation is 2. The molecule has 1 aliphatic heterocycles. The zero-order valence-corrected chi connectivity index (χ0v) is 20.0. The van der Waals surface area contributed by atoms with Crippen LogP contribution >= 0.6 is 11.3 Å². The van der Waals surface area contributed by atoms with Crippen molar-refractivity contribution in [2.45, 2.75) is 33.3 Å².